The molecule has 0 saturated carbocycles. The van der Waals surface area contributed by atoms with Crippen molar-refractivity contribution in [3.63, 3.8) is 0 Å². The molecule has 2 aromatic rings. The Bertz CT molecular complexity index is 735. The summed E-state index contributed by atoms with van der Waals surface area (Å²) < 4.78 is 13.1. The van der Waals surface area contributed by atoms with Gasteiger partial charge in [0.05, 0.1) is 0 Å². The summed E-state index contributed by atoms with van der Waals surface area (Å²) in [6.45, 7) is 6.70. The average Bonchev–Trinajstić information content (AvgIpc) is 3.16. The molecule has 1 saturated heterocycles. The number of benzene rings is 2. The minimum atomic E-state index is -0.287. The van der Waals surface area contributed by atoms with Crippen molar-refractivity contribution in [3.05, 3.63) is 59.9 Å². The third-order valence-corrected chi connectivity index (χ3v) is 4.91. The van der Waals surface area contributed by atoms with Crippen LogP contribution in [0.3, 0.4) is 0 Å². The number of hydrogen-bond donors (Lipinski definition) is 2. The molecule has 0 atom stereocenters. The molecule has 0 bridgehead atoms. The predicted octanol–water partition coefficient (Wildman–Crippen LogP) is 4.53. The minimum Gasteiger partial charge on any atom is -0.372 e. The molecule has 2 N–H and O–H groups in total. The summed E-state index contributed by atoms with van der Waals surface area (Å²) in [7, 11) is 0. The fourth-order valence-electron chi connectivity index (χ4n) is 3.21. The smallest absolute Gasteiger partial charge is 0.319 e. The lowest BCUT2D eigenvalue weighted by Crippen LogP contribution is -2.39. The molecule has 0 radical (unpaired) electrons. The van der Waals surface area contributed by atoms with E-state index in [9.17, 15) is 9.18 Å². The molecular weight excluding hydrogens is 329 g/mol. The van der Waals surface area contributed by atoms with E-state index in [-0.39, 0.29) is 17.3 Å². The summed E-state index contributed by atoms with van der Waals surface area (Å²) in [6, 6.07) is 14.1. The highest BCUT2D eigenvalue weighted by molar-refractivity contribution is 5.89. The summed E-state index contributed by atoms with van der Waals surface area (Å²) in [4.78, 5) is 14.5. The second-order valence-corrected chi connectivity index (χ2v) is 7.44. The fourth-order valence-corrected chi connectivity index (χ4v) is 3.21. The van der Waals surface area contributed by atoms with Gasteiger partial charge in [-0.05, 0) is 54.8 Å². The summed E-state index contributed by atoms with van der Waals surface area (Å²) >= 11 is 0. The van der Waals surface area contributed by atoms with Gasteiger partial charge in [-0.3, -0.25) is 0 Å². The zero-order valence-corrected chi connectivity index (χ0v) is 15.4. The van der Waals surface area contributed by atoms with Crippen molar-refractivity contribution in [1.82, 2.24) is 5.32 Å². The Morgan fingerprint density at radius 2 is 1.65 bits per heavy atom. The zero-order valence-electron chi connectivity index (χ0n) is 15.4. The van der Waals surface area contributed by atoms with Crippen LogP contribution in [-0.2, 0) is 5.41 Å². The molecule has 1 fully saturated rings. The maximum absolute atomic E-state index is 13.1. The largest absolute Gasteiger partial charge is 0.372 e. The maximum Gasteiger partial charge on any atom is 0.319 e. The second-order valence-electron chi connectivity index (χ2n) is 7.44. The molecule has 1 aliphatic rings. The van der Waals surface area contributed by atoms with Crippen molar-refractivity contribution in [2.24, 2.45) is 0 Å². The van der Waals surface area contributed by atoms with Crippen LogP contribution in [0.15, 0.2) is 48.5 Å². The average molecular weight is 355 g/mol. The number of amides is 2. The first-order valence-corrected chi connectivity index (χ1v) is 9.10. The van der Waals surface area contributed by atoms with Crippen molar-refractivity contribution in [1.29, 1.82) is 0 Å². The molecule has 5 heteroatoms. The summed E-state index contributed by atoms with van der Waals surface area (Å²) in [5.41, 5.74) is 2.66. The standard InChI is InChI=1S/C21H26FN3O/c1-21(2,16-5-7-17(22)8-6-16)15-23-20(26)24-18-9-11-19(12-10-18)25-13-3-4-14-25/h5-12H,3-4,13-15H2,1-2H3,(H2,23,24,26). The van der Waals surface area contributed by atoms with Crippen LogP contribution in [0, 0.1) is 5.82 Å². The molecule has 0 unspecified atom stereocenters. The topological polar surface area (TPSA) is 44.4 Å². The first-order chi connectivity index (χ1) is 12.4. The minimum absolute atomic E-state index is 0.242. The normalized spacial score (nSPS) is 14.3. The third kappa shape index (κ3) is 4.54. The van der Waals surface area contributed by atoms with Crippen molar-refractivity contribution in [2.75, 3.05) is 29.9 Å². The van der Waals surface area contributed by atoms with E-state index < -0.39 is 0 Å². The van der Waals surface area contributed by atoms with Gasteiger partial charge in [0.2, 0.25) is 0 Å². The van der Waals surface area contributed by atoms with E-state index in [1.165, 1.54) is 30.7 Å². The van der Waals surface area contributed by atoms with E-state index in [4.69, 9.17) is 0 Å². The van der Waals surface area contributed by atoms with Crippen LogP contribution in [0.2, 0.25) is 0 Å². The Morgan fingerprint density at radius 3 is 2.27 bits per heavy atom. The van der Waals surface area contributed by atoms with E-state index in [0.717, 1.165) is 24.3 Å². The Hall–Kier alpha value is -2.56. The molecule has 2 aromatic carbocycles. The molecule has 0 aromatic heterocycles. The molecule has 0 aliphatic carbocycles. The van der Waals surface area contributed by atoms with Crippen molar-refractivity contribution in [3.8, 4) is 0 Å². The van der Waals surface area contributed by atoms with Gasteiger partial charge in [0.15, 0.2) is 0 Å². The molecule has 1 heterocycles. The number of carbonyl (C=O) groups excluding carboxylic acids is 1. The molecule has 0 spiro atoms. The number of halogens is 1. The molecule has 138 valence electrons. The molecular formula is C21H26FN3O. The molecule has 1 aliphatic heterocycles. The van der Waals surface area contributed by atoms with E-state index >= 15 is 0 Å². The molecule has 2 amide bonds. The number of nitrogens with one attached hydrogen (secondary N) is 2. The van der Waals surface area contributed by atoms with E-state index in [2.05, 4.69) is 15.5 Å². The summed E-state index contributed by atoms with van der Waals surface area (Å²) in [5, 5.41) is 5.76. The van der Waals surface area contributed by atoms with Gasteiger partial charge in [0, 0.05) is 36.4 Å². The van der Waals surface area contributed by atoms with E-state index in [0.29, 0.717) is 6.54 Å². The fraction of sp³-hybridized carbons (Fsp3) is 0.381. The van der Waals surface area contributed by atoms with Crippen LogP contribution in [0.5, 0.6) is 0 Å². The lowest BCUT2D eigenvalue weighted by Gasteiger charge is -2.25. The zero-order chi connectivity index (χ0) is 18.6. The number of rotatable bonds is 5. The van der Waals surface area contributed by atoms with Crippen molar-refractivity contribution >= 4 is 17.4 Å². The Kier molecular flexibility index (Phi) is 5.45. The predicted molar refractivity (Wildman–Crippen MR) is 104 cm³/mol. The quantitative estimate of drug-likeness (QED) is 0.828. The van der Waals surface area contributed by atoms with Crippen LogP contribution < -0.4 is 15.5 Å². The van der Waals surface area contributed by atoms with Crippen LogP contribution >= 0.6 is 0 Å². The number of carbonyl (C=O) groups is 1. The second kappa shape index (κ2) is 7.77. The lowest BCUT2D eigenvalue weighted by atomic mass is 9.84. The summed E-state index contributed by atoms with van der Waals surface area (Å²) in [6.07, 6.45) is 2.48. The molecule has 4 nitrogen and oxygen atoms in total. The maximum atomic E-state index is 13.1. The highest BCUT2D eigenvalue weighted by Crippen LogP contribution is 2.23. The van der Waals surface area contributed by atoms with Crippen LogP contribution in [0.25, 0.3) is 0 Å². The van der Waals surface area contributed by atoms with Crippen LogP contribution in [0.4, 0.5) is 20.6 Å². The monoisotopic (exact) mass is 355 g/mol. The first kappa shape index (κ1) is 18.2. The Balaban J connectivity index is 1.52. The van der Waals surface area contributed by atoms with Gasteiger partial charge in [0.1, 0.15) is 5.82 Å². The van der Waals surface area contributed by atoms with Gasteiger partial charge in [-0.1, -0.05) is 26.0 Å². The van der Waals surface area contributed by atoms with Gasteiger partial charge >= 0.3 is 6.03 Å². The lowest BCUT2D eigenvalue weighted by molar-refractivity contribution is 0.249. The first-order valence-electron chi connectivity index (χ1n) is 9.10. The van der Waals surface area contributed by atoms with Gasteiger partial charge in [-0.2, -0.15) is 0 Å². The Morgan fingerprint density at radius 1 is 1.04 bits per heavy atom. The van der Waals surface area contributed by atoms with E-state index in [1.807, 2.05) is 38.1 Å². The SMILES string of the molecule is CC(C)(CNC(=O)Nc1ccc(N2CCCC2)cc1)c1ccc(F)cc1. The van der Waals surface area contributed by atoms with Gasteiger partial charge in [-0.25, -0.2) is 9.18 Å². The van der Waals surface area contributed by atoms with Crippen molar-refractivity contribution < 1.29 is 9.18 Å². The Labute approximate surface area is 154 Å². The van der Waals surface area contributed by atoms with Gasteiger partial charge < -0.3 is 15.5 Å². The third-order valence-electron chi connectivity index (χ3n) is 4.91. The van der Waals surface area contributed by atoms with Crippen molar-refractivity contribution in [2.45, 2.75) is 32.1 Å². The summed E-state index contributed by atoms with van der Waals surface area (Å²) in [5.74, 6) is -0.257. The number of hydrogen-bond acceptors (Lipinski definition) is 2. The number of urea groups is 1. The highest BCUT2D eigenvalue weighted by Gasteiger charge is 2.21. The van der Waals surface area contributed by atoms with Gasteiger partial charge in [-0.15, -0.1) is 0 Å². The molecule has 26 heavy (non-hydrogen) atoms. The number of anilines is 2. The van der Waals surface area contributed by atoms with Crippen LogP contribution in [0.1, 0.15) is 32.3 Å². The number of nitrogens with zero attached hydrogens (tertiary/aromatic N) is 1. The molecule has 3 rings (SSSR count). The van der Waals surface area contributed by atoms with Gasteiger partial charge in [0.25, 0.3) is 0 Å². The van der Waals surface area contributed by atoms with Crippen LogP contribution in [-0.4, -0.2) is 25.7 Å². The van der Waals surface area contributed by atoms with E-state index in [1.54, 1.807) is 12.1 Å². The highest BCUT2D eigenvalue weighted by atomic mass is 19.1.